The summed E-state index contributed by atoms with van der Waals surface area (Å²) in [4.78, 5) is 27.3. The third kappa shape index (κ3) is 7.42. The SMILES string of the molecule is Cc1cccc(CN(C(=O)COc2ccc(C(C)(C)C)cc2)[C@H](C)C(=O)NC(C)C)c1. The standard InChI is InChI=1S/C26H36N2O3/c1-18(2)27-25(30)20(4)28(16-21-10-8-9-19(3)15-21)24(29)17-31-23-13-11-22(12-14-23)26(5,6)7/h8-15,18,20H,16-17H2,1-7H3,(H,27,30)/t20-/m1/s1. The van der Waals surface area contributed by atoms with Gasteiger partial charge in [0.25, 0.3) is 5.91 Å². The van der Waals surface area contributed by atoms with Gasteiger partial charge in [0.05, 0.1) is 0 Å². The van der Waals surface area contributed by atoms with Crippen molar-refractivity contribution in [2.45, 2.75) is 72.5 Å². The maximum Gasteiger partial charge on any atom is 0.261 e. The number of rotatable bonds is 8. The van der Waals surface area contributed by atoms with E-state index in [9.17, 15) is 9.59 Å². The molecule has 168 valence electrons. The number of nitrogens with one attached hydrogen (secondary N) is 1. The third-order valence-corrected chi connectivity index (χ3v) is 5.12. The summed E-state index contributed by atoms with van der Waals surface area (Å²) in [7, 11) is 0. The molecule has 1 atom stereocenters. The predicted octanol–water partition coefficient (Wildman–Crippen LogP) is 4.61. The number of hydrogen-bond acceptors (Lipinski definition) is 3. The number of nitrogens with zero attached hydrogens (tertiary/aromatic N) is 1. The van der Waals surface area contributed by atoms with Crippen LogP contribution in [0.15, 0.2) is 48.5 Å². The van der Waals surface area contributed by atoms with Gasteiger partial charge in [-0.3, -0.25) is 9.59 Å². The van der Waals surface area contributed by atoms with Crippen LogP contribution in [0.4, 0.5) is 0 Å². The lowest BCUT2D eigenvalue weighted by Gasteiger charge is -2.29. The van der Waals surface area contributed by atoms with Crippen LogP contribution in [0.25, 0.3) is 0 Å². The van der Waals surface area contributed by atoms with Crippen molar-refractivity contribution in [1.29, 1.82) is 0 Å². The first-order valence-electron chi connectivity index (χ1n) is 10.9. The molecule has 0 heterocycles. The number of carbonyl (C=O) groups excluding carboxylic acids is 2. The molecular formula is C26H36N2O3. The van der Waals surface area contributed by atoms with Gasteiger partial charge in [-0.25, -0.2) is 0 Å². The highest BCUT2D eigenvalue weighted by molar-refractivity contribution is 5.88. The van der Waals surface area contributed by atoms with Gasteiger partial charge in [-0.15, -0.1) is 0 Å². The summed E-state index contributed by atoms with van der Waals surface area (Å²) >= 11 is 0. The van der Waals surface area contributed by atoms with E-state index in [2.05, 4.69) is 26.1 Å². The topological polar surface area (TPSA) is 58.6 Å². The molecule has 2 rings (SSSR count). The van der Waals surface area contributed by atoms with Crippen molar-refractivity contribution in [2.24, 2.45) is 0 Å². The van der Waals surface area contributed by atoms with Crippen LogP contribution in [-0.4, -0.2) is 35.4 Å². The Morgan fingerprint density at radius 2 is 1.68 bits per heavy atom. The van der Waals surface area contributed by atoms with Gasteiger partial charge in [0.2, 0.25) is 5.91 Å². The number of aryl methyl sites for hydroxylation is 1. The number of carbonyl (C=O) groups is 2. The van der Waals surface area contributed by atoms with Crippen molar-refractivity contribution >= 4 is 11.8 Å². The Morgan fingerprint density at radius 1 is 1.03 bits per heavy atom. The number of hydrogen-bond donors (Lipinski definition) is 1. The molecule has 0 aliphatic carbocycles. The second-order valence-corrected chi connectivity index (χ2v) is 9.41. The van der Waals surface area contributed by atoms with E-state index < -0.39 is 6.04 Å². The van der Waals surface area contributed by atoms with Gasteiger partial charge in [-0.05, 0) is 56.4 Å². The largest absolute Gasteiger partial charge is 0.484 e. The Labute approximate surface area is 186 Å². The minimum absolute atomic E-state index is 0.00320. The minimum atomic E-state index is -0.609. The zero-order valence-electron chi connectivity index (χ0n) is 19.9. The summed E-state index contributed by atoms with van der Waals surface area (Å²) in [5.74, 6) is 0.231. The molecule has 0 aromatic heterocycles. The summed E-state index contributed by atoms with van der Waals surface area (Å²) in [6, 6.07) is 15.2. The predicted molar refractivity (Wildman–Crippen MR) is 125 cm³/mol. The fraction of sp³-hybridized carbons (Fsp3) is 0.462. The highest BCUT2D eigenvalue weighted by atomic mass is 16.5. The van der Waals surface area contributed by atoms with Crippen LogP contribution in [0.1, 0.15) is 58.2 Å². The van der Waals surface area contributed by atoms with Gasteiger partial charge >= 0.3 is 0 Å². The first kappa shape index (κ1) is 24.4. The van der Waals surface area contributed by atoms with E-state index in [-0.39, 0.29) is 29.9 Å². The molecule has 2 amide bonds. The minimum Gasteiger partial charge on any atom is -0.484 e. The van der Waals surface area contributed by atoms with E-state index in [4.69, 9.17) is 4.74 Å². The van der Waals surface area contributed by atoms with E-state index in [1.165, 1.54) is 5.56 Å². The van der Waals surface area contributed by atoms with Crippen molar-refractivity contribution in [1.82, 2.24) is 10.2 Å². The van der Waals surface area contributed by atoms with Crippen molar-refractivity contribution in [2.75, 3.05) is 6.61 Å². The molecule has 0 unspecified atom stereocenters. The summed E-state index contributed by atoms with van der Waals surface area (Å²) in [5, 5.41) is 2.90. The Morgan fingerprint density at radius 3 is 2.23 bits per heavy atom. The molecule has 0 fully saturated rings. The molecule has 0 spiro atoms. The molecule has 5 nitrogen and oxygen atoms in total. The van der Waals surface area contributed by atoms with Crippen LogP contribution >= 0.6 is 0 Å². The third-order valence-electron chi connectivity index (χ3n) is 5.12. The summed E-state index contributed by atoms with van der Waals surface area (Å²) < 4.78 is 5.77. The van der Waals surface area contributed by atoms with E-state index >= 15 is 0 Å². The monoisotopic (exact) mass is 424 g/mol. The lowest BCUT2D eigenvalue weighted by Crippen LogP contribution is -2.50. The van der Waals surface area contributed by atoms with Gasteiger partial charge < -0.3 is 15.0 Å². The van der Waals surface area contributed by atoms with Crippen LogP contribution in [-0.2, 0) is 21.5 Å². The highest BCUT2D eigenvalue weighted by Gasteiger charge is 2.27. The average molecular weight is 425 g/mol. The summed E-state index contributed by atoms with van der Waals surface area (Å²) in [6.45, 7) is 14.2. The fourth-order valence-electron chi connectivity index (χ4n) is 3.27. The van der Waals surface area contributed by atoms with Gasteiger partial charge in [-0.1, -0.05) is 62.7 Å². The maximum atomic E-state index is 13.1. The highest BCUT2D eigenvalue weighted by Crippen LogP contribution is 2.24. The molecule has 0 saturated carbocycles. The summed E-state index contributed by atoms with van der Waals surface area (Å²) in [6.07, 6.45) is 0. The van der Waals surface area contributed by atoms with E-state index in [1.807, 2.05) is 69.3 Å². The Hall–Kier alpha value is -2.82. The normalized spacial score (nSPS) is 12.4. The average Bonchev–Trinajstić information content (AvgIpc) is 2.69. The number of ether oxygens (including phenoxy) is 1. The maximum absolute atomic E-state index is 13.1. The lowest BCUT2D eigenvalue weighted by molar-refractivity contribution is -0.142. The molecule has 0 radical (unpaired) electrons. The smallest absolute Gasteiger partial charge is 0.261 e. The quantitative estimate of drug-likeness (QED) is 0.673. The molecule has 5 heteroatoms. The second kappa shape index (κ2) is 10.5. The molecule has 0 bridgehead atoms. The van der Waals surface area contributed by atoms with Crippen LogP contribution in [0.2, 0.25) is 0 Å². The number of benzene rings is 2. The molecular weight excluding hydrogens is 388 g/mol. The van der Waals surface area contributed by atoms with Gasteiger partial charge in [0.1, 0.15) is 11.8 Å². The van der Waals surface area contributed by atoms with Crippen molar-refractivity contribution < 1.29 is 14.3 Å². The van der Waals surface area contributed by atoms with Crippen molar-refractivity contribution in [3.8, 4) is 5.75 Å². The molecule has 2 aromatic rings. The molecule has 31 heavy (non-hydrogen) atoms. The second-order valence-electron chi connectivity index (χ2n) is 9.41. The van der Waals surface area contributed by atoms with E-state index in [0.717, 1.165) is 11.1 Å². The zero-order chi connectivity index (χ0) is 23.2. The van der Waals surface area contributed by atoms with Crippen molar-refractivity contribution in [3.63, 3.8) is 0 Å². The fourth-order valence-corrected chi connectivity index (χ4v) is 3.27. The van der Waals surface area contributed by atoms with Crippen molar-refractivity contribution in [3.05, 3.63) is 65.2 Å². The van der Waals surface area contributed by atoms with Crippen LogP contribution in [0, 0.1) is 6.92 Å². The molecule has 2 aromatic carbocycles. The molecule has 0 aliphatic rings. The zero-order valence-corrected chi connectivity index (χ0v) is 19.9. The molecule has 0 aliphatic heterocycles. The first-order valence-corrected chi connectivity index (χ1v) is 10.9. The van der Waals surface area contributed by atoms with Gasteiger partial charge in [0.15, 0.2) is 6.61 Å². The molecule has 0 saturated heterocycles. The van der Waals surface area contributed by atoms with Gasteiger partial charge in [0, 0.05) is 12.6 Å². The Balaban J connectivity index is 2.14. The van der Waals surface area contributed by atoms with Crippen LogP contribution in [0.5, 0.6) is 5.75 Å². The van der Waals surface area contributed by atoms with Crippen LogP contribution < -0.4 is 10.1 Å². The number of amides is 2. The van der Waals surface area contributed by atoms with Gasteiger partial charge in [-0.2, -0.15) is 0 Å². The van der Waals surface area contributed by atoms with E-state index in [0.29, 0.717) is 12.3 Å². The van der Waals surface area contributed by atoms with E-state index in [1.54, 1.807) is 11.8 Å². The molecule has 1 N–H and O–H groups in total. The Bertz CT molecular complexity index is 882. The lowest BCUT2D eigenvalue weighted by atomic mass is 9.87. The Kier molecular flexibility index (Phi) is 8.26. The van der Waals surface area contributed by atoms with Crippen LogP contribution in [0.3, 0.4) is 0 Å². The summed E-state index contributed by atoms with van der Waals surface area (Å²) in [5.41, 5.74) is 3.34. The first-order chi connectivity index (χ1) is 14.5.